The summed E-state index contributed by atoms with van der Waals surface area (Å²) in [5.41, 5.74) is 2.56. The molecule has 1 aliphatic rings. The Morgan fingerprint density at radius 2 is 1.78 bits per heavy atom. The van der Waals surface area contributed by atoms with Gasteiger partial charge in [0.1, 0.15) is 0 Å². The first kappa shape index (κ1) is 22.4. The average Bonchev–Trinajstić information content (AvgIpc) is 3.20. The van der Waals surface area contributed by atoms with Crippen molar-refractivity contribution < 1.29 is 19.0 Å². The zero-order chi connectivity index (χ0) is 22.7. The number of hydrogen-bond donors (Lipinski definition) is 1. The van der Waals surface area contributed by atoms with Crippen LogP contribution in [0.2, 0.25) is 0 Å². The topological polar surface area (TPSA) is 72.9 Å². The molecule has 170 valence electrons. The summed E-state index contributed by atoms with van der Waals surface area (Å²) in [6, 6.07) is 9.59. The van der Waals surface area contributed by atoms with Gasteiger partial charge < -0.3 is 14.2 Å². The van der Waals surface area contributed by atoms with E-state index in [9.17, 15) is 4.79 Å². The third kappa shape index (κ3) is 4.81. The molecular formula is C24H29N3O4S. The van der Waals surface area contributed by atoms with Crippen molar-refractivity contribution in [2.24, 2.45) is 5.92 Å². The summed E-state index contributed by atoms with van der Waals surface area (Å²) in [5, 5.41) is 3.46. The molecule has 2 heterocycles. The molecular weight excluding hydrogens is 426 g/mol. The molecule has 1 aliphatic heterocycles. The van der Waals surface area contributed by atoms with Crippen molar-refractivity contribution in [3.05, 3.63) is 41.5 Å². The summed E-state index contributed by atoms with van der Waals surface area (Å²) in [6.45, 7) is 5.58. The van der Waals surface area contributed by atoms with Crippen LogP contribution in [0.25, 0.3) is 10.2 Å². The number of ether oxygens (including phenoxy) is 3. The molecule has 1 amide bonds. The molecule has 0 aliphatic carbocycles. The van der Waals surface area contributed by atoms with Gasteiger partial charge in [0.05, 0.1) is 31.5 Å². The second kappa shape index (κ2) is 9.75. The summed E-state index contributed by atoms with van der Waals surface area (Å²) in [6.07, 6.45) is 2.53. The molecule has 0 unspecified atom stereocenters. The lowest BCUT2D eigenvalue weighted by atomic mass is 9.99. The summed E-state index contributed by atoms with van der Waals surface area (Å²) in [4.78, 5) is 20.0. The quantitative estimate of drug-likeness (QED) is 0.551. The Morgan fingerprint density at radius 1 is 1.09 bits per heavy atom. The number of piperidine rings is 1. The number of nitrogens with zero attached hydrogens (tertiary/aromatic N) is 2. The van der Waals surface area contributed by atoms with Crippen LogP contribution in [0, 0.1) is 5.92 Å². The highest BCUT2D eigenvalue weighted by molar-refractivity contribution is 7.22. The zero-order valence-corrected chi connectivity index (χ0v) is 19.8. The second-order valence-electron chi connectivity index (χ2n) is 8.15. The first-order valence-electron chi connectivity index (χ1n) is 10.7. The maximum atomic E-state index is 12.9. The number of benzene rings is 2. The van der Waals surface area contributed by atoms with E-state index in [1.165, 1.54) is 51.1 Å². The fourth-order valence-electron chi connectivity index (χ4n) is 3.98. The average molecular weight is 456 g/mol. The summed E-state index contributed by atoms with van der Waals surface area (Å²) in [7, 11) is 4.57. The molecule has 3 aromatic rings. The smallest absolute Gasteiger partial charge is 0.257 e. The third-order valence-corrected chi connectivity index (χ3v) is 6.82. The Morgan fingerprint density at radius 3 is 2.41 bits per heavy atom. The predicted molar refractivity (Wildman–Crippen MR) is 127 cm³/mol. The maximum absolute atomic E-state index is 12.9. The van der Waals surface area contributed by atoms with Gasteiger partial charge in [-0.1, -0.05) is 24.3 Å². The Balaban J connectivity index is 1.50. The lowest BCUT2D eigenvalue weighted by Crippen LogP contribution is -2.32. The molecule has 0 saturated carbocycles. The van der Waals surface area contributed by atoms with Crippen LogP contribution in [0.4, 0.5) is 5.13 Å². The molecule has 0 radical (unpaired) electrons. The van der Waals surface area contributed by atoms with Crippen LogP contribution in [0.15, 0.2) is 30.3 Å². The Hall–Kier alpha value is -2.84. The van der Waals surface area contributed by atoms with E-state index in [2.05, 4.69) is 34.3 Å². The van der Waals surface area contributed by atoms with Crippen molar-refractivity contribution >= 4 is 32.6 Å². The molecule has 32 heavy (non-hydrogen) atoms. The minimum Gasteiger partial charge on any atom is -0.493 e. The highest BCUT2D eigenvalue weighted by atomic mass is 32.1. The number of fused-ring (bicyclic) bond motifs is 1. The SMILES string of the molecule is COc1cc(C(=O)Nc2nc3ccc(CN4CCC(C)CC4)cc3s2)cc(OC)c1OC. The molecule has 1 aromatic heterocycles. The molecule has 0 atom stereocenters. The number of amides is 1. The van der Waals surface area contributed by atoms with Gasteiger partial charge in [0.2, 0.25) is 5.75 Å². The monoisotopic (exact) mass is 455 g/mol. The molecule has 0 bridgehead atoms. The highest BCUT2D eigenvalue weighted by Crippen LogP contribution is 2.38. The van der Waals surface area contributed by atoms with E-state index < -0.39 is 0 Å². The Labute approximate surface area is 192 Å². The standard InChI is InChI=1S/C24H29N3O4S/c1-15-7-9-27(10-8-15)14-16-5-6-18-21(11-16)32-24(25-18)26-23(28)17-12-19(29-2)22(31-4)20(13-17)30-3/h5-6,11-13,15H,7-10,14H2,1-4H3,(H,25,26,28). The van der Waals surface area contributed by atoms with Crippen LogP contribution in [0.1, 0.15) is 35.7 Å². The van der Waals surface area contributed by atoms with Crippen LogP contribution in [-0.2, 0) is 6.54 Å². The van der Waals surface area contributed by atoms with Gasteiger partial charge in [-0.25, -0.2) is 4.98 Å². The van der Waals surface area contributed by atoms with Crippen LogP contribution in [-0.4, -0.2) is 50.2 Å². The van der Waals surface area contributed by atoms with E-state index in [0.717, 1.165) is 35.8 Å². The van der Waals surface area contributed by atoms with Gasteiger partial charge in [0, 0.05) is 12.1 Å². The fourth-order valence-corrected chi connectivity index (χ4v) is 4.91. The first-order valence-corrected chi connectivity index (χ1v) is 11.6. The van der Waals surface area contributed by atoms with Crippen LogP contribution in [0.5, 0.6) is 17.2 Å². The van der Waals surface area contributed by atoms with Gasteiger partial charge in [-0.15, -0.1) is 0 Å². The van der Waals surface area contributed by atoms with Crippen molar-refractivity contribution in [3.8, 4) is 17.2 Å². The summed E-state index contributed by atoms with van der Waals surface area (Å²) < 4.78 is 17.1. The van der Waals surface area contributed by atoms with E-state index >= 15 is 0 Å². The zero-order valence-electron chi connectivity index (χ0n) is 18.9. The molecule has 8 heteroatoms. The van der Waals surface area contributed by atoms with E-state index in [0.29, 0.717) is 27.9 Å². The van der Waals surface area contributed by atoms with Crippen molar-refractivity contribution in [1.82, 2.24) is 9.88 Å². The minimum atomic E-state index is -0.286. The largest absolute Gasteiger partial charge is 0.493 e. The normalized spacial score (nSPS) is 15.0. The number of hydrogen-bond acceptors (Lipinski definition) is 7. The van der Waals surface area contributed by atoms with E-state index in [1.807, 2.05) is 6.07 Å². The lowest BCUT2D eigenvalue weighted by molar-refractivity contribution is 0.102. The van der Waals surface area contributed by atoms with Gasteiger partial charge in [-0.3, -0.25) is 15.0 Å². The number of aromatic nitrogens is 1. The van der Waals surface area contributed by atoms with E-state index in [4.69, 9.17) is 14.2 Å². The second-order valence-corrected chi connectivity index (χ2v) is 9.18. The lowest BCUT2D eigenvalue weighted by Gasteiger charge is -2.30. The first-order chi connectivity index (χ1) is 15.5. The van der Waals surface area contributed by atoms with Gasteiger partial charge in [0.25, 0.3) is 5.91 Å². The van der Waals surface area contributed by atoms with Crippen LogP contribution >= 0.6 is 11.3 Å². The molecule has 1 saturated heterocycles. The van der Waals surface area contributed by atoms with Crippen LogP contribution < -0.4 is 19.5 Å². The molecule has 1 fully saturated rings. The third-order valence-electron chi connectivity index (χ3n) is 5.88. The number of nitrogens with one attached hydrogen (secondary N) is 1. The number of carbonyl (C=O) groups excluding carboxylic acids is 1. The van der Waals surface area contributed by atoms with E-state index in [1.54, 1.807) is 12.1 Å². The maximum Gasteiger partial charge on any atom is 0.257 e. The van der Waals surface area contributed by atoms with Crippen molar-refractivity contribution in [2.75, 3.05) is 39.7 Å². The molecule has 1 N–H and O–H groups in total. The number of anilines is 1. The van der Waals surface area contributed by atoms with Crippen molar-refractivity contribution in [3.63, 3.8) is 0 Å². The Kier molecular flexibility index (Phi) is 6.81. The molecule has 2 aromatic carbocycles. The van der Waals surface area contributed by atoms with Gasteiger partial charge >= 0.3 is 0 Å². The van der Waals surface area contributed by atoms with Gasteiger partial charge in [-0.2, -0.15) is 0 Å². The Bertz CT molecular complexity index is 1080. The molecule has 4 rings (SSSR count). The van der Waals surface area contributed by atoms with Crippen molar-refractivity contribution in [1.29, 1.82) is 0 Å². The highest BCUT2D eigenvalue weighted by Gasteiger charge is 2.19. The minimum absolute atomic E-state index is 0.286. The van der Waals surface area contributed by atoms with E-state index in [-0.39, 0.29) is 5.91 Å². The van der Waals surface area contributed by atoms with Gasteiger partial charge in [-0.05, 0) is 61.7 Å². The number of rotatable bonds is 7. The number of carbonyl (C=O) groups is 1. The predicted octanol–water partition coefficient (Wildman–Crippen LogP) is 4.81. The van der Waals surface area contributed by atoms with Gasteiger partial charge in [0.15, 0.2) is 16.6 Å². The number of likely N-dealkylation sites (tertiary alicyclic amines) is 1. The fraction of sp³-hybridized carbons (Fsp3) is 0.417. The summed E-state index contributed by atoms with van der Waals surface area (Å²) >= 11 is 1.48. The molecule has 7 nitrogen and oxygen atoms in total. The number of thiazole rings is 1. The van der Waals surface area contributed by atoms with Crippen LogP contribution in [0.3, 0.4) is 0 Å². The number of methoxy groups -OCH3 is 3. The summed E-state index contributed by atoms with van der Waals surface area (Å²) in [5.74, 6) is 1.84. The van der Waals surface area contributed by atoms with Crippen molar-refractivity contribution in [2.45, 2.75) is 26.3 Å². The molecule has 0 spiro atoms.